The van der Waals surface area contributed by atoms with Gasteiger partial charge in [0.1, 0.15) is 17.2 Å². The number of alkyl halides is 1. The predicted octanol–water partition coefficient (Wildman–Crippen LogP) is 3.26. The highest BCUT2D eigenvalue weighted by Crippen LogP contribution is 2.22. The molecule has 0 aliphatic carbocycles. The Kier molecular flexibility index (Phi) is 3.68. The summed E-state index contributed by atoms with van der Waals surface area (Å²) >= 11 is 6.03. The van der Waals surface area contributed by atoms with E-state index in [9.17, 15) is 4.39 Å². The molecule has 0 amide bonds. The van der Waals surface area contributed by atoms with Gasteiger partial charge in [0.2, 0.25) is 0 Å². The number of aromatic nitrogens is 4. The lowest BCUT2D eigenvalue weighted by atomic mass is 10.2. The molecule has 21 heavy (non-hydrogen) atoms. The van der Waals surface area contributed by atoms with Crippen molar-refractivity contribution in [2.24, 2.45) is 7.05 Å². The minimum Gasteiger partial charge on any atom is -0.307 e. The summed E-state index contributed by atoms with van der Waals surface area (Å²) in [4.78, 5) is 4.61. The number of benzene rings is 1. The van der Waals surface area contributed by atoms with Gasteiger partial charge in [-0.2, -0.15) is 5.10 Å². The van der Waals surface area contributed by atoms with Crippen LogP contribution in [0.5, 0.6) is 0 Å². The molecule has 2 aromatic heterocycles. The van der Waals surface area contributed by atoms with Gasteiger partial charge in [-0.3, -0.25) is 4.68 Å². The maximum Gasteiger partial charge on any atom is 0.159 e. The monoisotopic (exact) mass is 306 g/mol. The molecular formula is C15H16ClFN4. The third-order valence-corrected chi connectivity index (χ3v) is 3.82. The van der Waals surface area contributed by atoms with Gasteiger partial charge in [-0.1, -0.05) is 19.1 Å². The molecule has 3 rings (SSSR count). The van der Waals surface area contributed by atoms with Gasteiger partial charge in [-0.05, 0) is 24.1 Å². The molecule has 0 bridgehead atoms. The number of hydrogen-bond acceptors (Lipinski definition) is 2. The Morgan fingerprint density at radius 3 is 2.57 bits per heavy atom. The number of fused-ring (bicyclic) bond motifs is 1. The van der Waals surface area contributed by atoms with Crippen molar-refractivity contribution in [1.82, 2.24) is 19.3 Å². The molecule has 0 spiro atoms. The standard InChI is InChI=1S/C15H16ClFN4/c1-3-12-14-15(20(2)19-12)21(13(8-16)18-14)9-10-4-6-11(17)7-5-10/h4-7H,3,8-9H2,1-2H3. The molecule has 110 valence electrons. The van der Waals surface area contributed by atoms with Crippen molar-refractivity contribution in [2.75, 3.05) is 0 Å². The van der Waals surface area contributed by atoms with Crippen molar-refractivity contribution in [3.8, 4) is 0 Å². The maximum atomic E-state index is 13.0. The minimum absolute atomic E-state index is 0.235. The summed E-state index contributed by atoms with van der Waals surface area (Å²) in [5.41, 5.74) is 3.82. The van der Waals surface area contributed by atoms with Gasteiger partial charge in [0.15, 0.2) is 5.65 Å². The first kappa shape index (κ1) is 14.1. The van der Waals surface area contributed by atoms with E-state index in [-0.39, 0.29) is 5.82 Å². The first-order valence-electron chi connectivity index (χ1n) is 6.85. The summed E-state index contributed by atoms with van der Waals surface area (Å²) in [6.45, 7) is 2.66. The fourth-order valence-electron chi connectivity index (χ4n) is 2.57. The average Bonchev–Trinajstić information content (AvgIpc) is 2.99. The lowest BCUT2D eigenvalue weighted by Gasteiger charge is -2.08. The van der Waals surface area contributed by atoms with E-state index in [0.717, 1.165) is 34.7 Å². The molecule has 2 heterocycles. The molecule has 6 heteroatoms. The number of imidazole rings is 1. The van der Waals surface area contributed by atoms with Crippen molar-refractivity contribution < 1.29 is 4.39 Å². The summed E-state index contributed by atoms with van der Waals surface area (Å²) in [5.74, 6) is 0.901. The zero-order chi connectivity index (χ0) is 15.0. The Balaban J connectivity index is 2.11. The highest BCUT2D eigenvalue weighted by atomic mass is 35.5. The van der Waals surface area contributed by atoms with E-state index in [1.54, 1.807) is 12.1 Å². The molecule has 0 aliphatic rings. The predicted molar refractivity (Wildman–Crippen MR) is 80.9 cm³/mol. The zero-order valence-corrected chi connectivity index (χ0v) is 12.7. The van der Waals surface area contributed by atoms with Gasteiger partial charge in [0, 0.05) is 7.05 Å². The first-order valence-corrected chi connectivity index (χ1v) is 7.38. The van der Waals surface area contributed by atoms with Crippen LogP contribution in [0.15, 0.2) is 24.3 Å². The molecule has 0 N–H and O–H groups in total. The summed E-state index contributed by atoms with van der Waals surface area (Å²) in [7, 11) is 1.91. The Bertz CT molecular complexity index is 773. The van der Waals surface area contributed by atoms with Crippen LogP contribution in [0, 0.1) is 5.82 Å². The van der Waals surface area contributed by atoms with E-state index >= 15 is 0 Å². The van der Waals surface area contributed by atoms with Gasteiger partial charge < -0.3 is 4.57 Å². The first-order chi connectivity index (χ1) is 10.1. The fourth-order valence-corrected chi connectivity index (χ4v) is 2.77. The van der Waals surface area contributed by atoms with Crippen molar-refractivity contribution in [2.45, 2.75) is 25.8 Å². The van der Waals surface area contributed by atoms with Crippen molar-refractivity contribution in [1.29, 1.82) is 0 Å². The second-order valence-electron chi connectivity index (χ2n) is 4.97. The summed E-state index contributed by atoms with van der Waals surface area (Å²) in [5, 5.41) is 4.49. The summed E-state index contributed by atoms with van der Waals surface area (Å²) in [6.07, 6.45) is 0.826. The smallest absolute Gasteiger partial charge is 0.159 e. The van der Waals surface area contributed by atoms with E-state index in [1.165, 1.54) is 12.1 Å². The second kappa shape index (κ2) is 5.48. The highest BCUT2D eigenvalue weighted by molar-refractivity contribution is 6.16. The molecule has 4 nitrogen and oxygen atoms in total. The highest BCUT2D eigenvalue weighted by Gasteiger charge is 2.18. The van der Waals surface area contributed by atoms with Crippen molar-refractivity contribution in [3.05, 3.63) is 47.2 Å². The number of rotatable bonds is 4. The van der Waals surface area contributed by atoms with Crippen LogP contribution in [0.2, 0.25) is 0 Å². The van der Waals surface area contributed by atoms with Crippen LogP contribution in [0.25, 0.3) is 11.2 Å². The van der Waals surface area contributed by atoms with Crippen LogP contribution in [-0.2, 0) is 25.9 Å². The quantitative estimate of drug-likeness (QED) is 0.694. The van der Waals surface area contributed by atoms with Crippen molar-refractivity contribution >= 4 is 22.8 Å². The van der Waals surface area contributed by atoms with Crippen molar-refractivity contribution in [3.63, 3.8) is 0 Å². The molecule has 0 unspecified atom stereocenters. The van der Waals surface area contributed by atoms with Crippen LogP contribution >= 0.6 is 11.6 Å². The van der Waals surface area contributed by atoms with Crippen LogP contribution in [0.1, 0.15) is 24.0 Å². The third-order valence-electron chi connectivity index (χ3n) is 3.58. The lowest BCUT2D eigenvalue weighted by Crippen LogP contribution is -2.07. The SMILES string of the molecule is CCc1nn(C)c2c1nc(CCl)n2Cc1ccc(F)cc1. The van der Waals surface area contributed by atoms with Crippen LogP contribution in [0.3, 0.4) is 0 Å². The molecule has 1 aromatic carbocycles. The Morgan fingerprint density at radius 1 is 1.24 bits per heavy atom. The average molecular weight is 307 g/mol. The largest absolute Gasteiger partial charge is 0.307 e. The number of halogens is 2. The topological polar surface area (TPSA) is 35.6 Å². The zero-order valence-electron chi connectivity index (χ0n) is 12.0. The number of aryl methyl sites for hydroxylation is 2. The fraction of sp³-hybridized carbons (Fsp3) is 0.333. The molecule has 0 aliphatic heterocycles. The van der Waals surface area contributed by atoms with E-state index in [2.05, 4.69) is 17.0 Å². The van der Waals surface area contributed by atoms with E-state index in [1.807, 2.05) is 16.3 Å². The van der Waals surface area contributed by atoms with Crippen LogP contribution in [-0.4, -0.2) is 19.3 Å². The normalized spacial score (nSPS) is 11.4. The van der Waals surface area contributed by atoms with Crippen LogP contribution < -0.4 is 0 Å². The maximum absolute atomic E-state index is 13.0. The third kappa shape index (κ3) is 2.42. The minimum atomic E-state index is -0.235. The van der Waals surface area contributed by atoms with E-state index in [4.69, 9.17) is 11.6 Å². The Morgan fingerprint density at radius 2 is 1.95 bits per heavy atom. The lowest BCUT2D eigenvalue weighted by molar-refractivity contribution is 0.626. The molecule has 3 aromatic rings. The molecular weight excluding hydrogens is 291 g/mol. The van der Waals surface area contributed by atoms with E-state index < -0.39 is 0 Å². The number of nitrogens with zero attached hydrogens (tertiary/aromatic N) is 4. The molecule has 0 atom stereocenters. The molecule has 0 fully saturated rings. The van der Waals surface area contributed by atoms with E-state index in [0.29, 0.717) is 12.4 Å². The second-order valence-corrected chi connectivity index (χ2v) is 5.24. The van der Waals surface area contributed by atoms with Gasteiger partial charge in [0.25, 0.3) is 0 Å². The molecule has 0 saturated heterocycles. The molecule has 0 radical (unpaired) electrons. The Labute approximate surface area is 127 Å². The Hall–Kier alpha value is -1.88. The van der Waals surface area contributed by atoms with Gasteiger partial charge in [0.05, 0.1) is 18.1 Å². The summed E-state index contributed by atoms with van der Waals surface area (Å²) < 4.78 is 16.9. The number of hydrogen-bond donors (Lipinski definition) is 0. The van der Waals surface area contributed by atoms with Gasteiger partial charge in [-0.15, -0.1) is 11.6 Å². The van der Waals surface area contributed by atoms with Gasteiger partial charge >= 0.3 is 0 Å². The van der Waals surface area contributed by atoms with Crippen LogP contribution in [0.4, 0.5) is 4.39 Å². The molecule has 0 saturated carbocycles. The summed E-state index contributed by atoms with van der Waals surface area (Å²) in [6, 6.07) is 6.47. The van der Waals surface area contributed by atoms with Gasteiger partial charge in [-0.25, -0.2) is 9.37 Å².